The van der Waals surface area contributed by atoms with E-state index in [1.165, 1.54) is 6.21 Å². The fourth-order valence-corrected chi connectivity index (χ4v) is 1.74. The van der Waals surface area contributed by atoms with Gasteiger partial charge in [-0.15, -0.1) is 0 Å². The SMILES string of the molecule is COc1cc2c(cc1OC)NC(Cl)(Cl)C=N2. The van der Waals surface area contributed by atoms with Gasteiger partial charge in [-0.25, -0.2) is 0 Å². The molecule has 1 aromatic carbocycles. The average molecular weight is 261 g/mol. The summed E-state index contributed by atoms with van der Waals surface area (Å²) in [6, 6.07) is 3.49. The minimum absolute atomic E-state index is 0.593. The van der Waals surface area contributed by atoms with E-state index in [9.17, 15) is 0 Å². The van der Waals surface area contributed by atoms with E-state index in [1.54, 1.807) is 26.4 Å². The van der Waals surface area contributed by atoms with Crippen molar-refractivity contribution >= 4 is 40.8 Å². The molecule has 0 bridgehead atoms. The molecule has 0 spiro atoms. The molecule has 1 heterocycles. The molecular weight excluding hydrogens is 251 g/mol. The largest absolute Gasteiger partial charge is 0.493 e. The van der Waals surface area contributed by atoms with Crippen LogP contribution in [0.1, 0.15) is 0 Å². The van der Waals surface area contributed by atoms with E-state index in [0.29, 0.717) is 22.9 Å². The van der Waals surface area contributed by atoms with Crippen molar-refractivity contribution in [3.63, 3.8) is 0 Å². The van der Waals surface area contributed by atoms with Gasteiger partial charge in [-0.05, 0) is 0 Å². The maximum atomic E-state index is 5.90. The van der Waals surface area contributed by atoms with Crippen molar-refractivity contribution in [2.75, 3.05) is 19.5 Å². The first kappa shape index (κ1) is 11.4. The summed E-state index contributed by atoms with van der Waals surface area (Å²) >= 11 is 11.8. The summed E-state index contributed by atoms with van der Waals surface area (Å²) in [5.74, 6) is 1.20. The minimum Gasteiger partial charge on any atom is -0.493 e. The Balaban J connectivity index is 2.49. The van der Waals surface area contributed by atoms with E-state index in [0.717, 1.165) is 0 Å². The van der Waals surface area contributed by atoms with Crippen LogP contribution in [0, 0.1) is 0 Å². The lowest BCUT2D eigenvalue weighted by Crippen LogP contribution is -2.28. The molecule has 0 saturated heterocycles. The lowest BCUT2D eigenvalue weighted by molar-refractivity contribution is 0.355. The Bertz CT molecular complexity index is 447. The normalized spacial score (nSPS) is 16.2. The maximum absolute atomic E-state index is 5.90. The standard InChI is InChI=1S/C10H10Cl2N2O2/c1-15-8-3-6-7(4-9(8)16-2)14-10(11,12)5-13-6/h3-5,14H,1-2H3. The topological polar surface area (TPSA) is 42.9 Å². The van der Waals surface area contributed by atoms with Gasteiger partial charge < -0.3 is 14.8 Å². The average Bonchev–Trinajstić information content (AvgIpc) is 2.26. The molecule has 0 fully saturated rings. The number of hydrogen-bond acceptors (Lipinski definition) is 4. The molecule has 0 radical (unpaired) electrons. The quantitative estimate of drug-likeness (QED) is 0.657. The van der Waals surface area contributed by atoms with E-state index in [2.05, 4.69) is 10.3 Å². The Morgan fingerprint density at radius 2 is 1.81 bits per heavy atom. The molecular formula is C10H10Cl2N2O2. The van der Waals surface area contributed by atoms with Crippen molar-refractivity contribution in [3.8, 4) is 11.5 Å². The Labute approximate surface area is 103 Å². The fraction of sp³-hybridized carbons (Fsp3) is 0.300. The van der Waals surface area contributed by atoms with Crippen LogP contribution in [0.5, 0.6) is 11.5 Å². The highest BCUT2D eigenvalue weighted by molar-refractivity contribution is 6.57. The smallest absolute Gasteiger partial charge is 0.224 e. The molecule has 1 aliphatic rings. The van der Waals surface area contributed by atoms with Crippen molar-refractivity contribution in [1.29, 1.82) is 0 Å². The van der Waals surface area contributed by atoms with Crippen LogP contribution in [0.4, 0.5) is 11.4 Å². The Morgan fingerprint density at radius 1 is 1.19 bits per heavy atom. The van der Waals surface area contributed by atoms with Crippen molar-refractivity contribution in [1.82, 2.24) is 0 Å². The van der Waals surface area contributed by atoms with Gasteiger partial charge >= 0.3 is 0 Å². The van der Waals surface area contributed by atoms with Gasteiger partial charge in [0.25, 0.3) is 0 Å². The summed E-state index contributed by atoms with van der Waals surface area (Å²) < 4.78 is 9.14. The number of nitrogens with zero attached hydrogens (tertiary/aromatic N) is 1. The lowest BCUT2D eigenvalue weighted by atomic mass is 10.2. The summed E-state index contributed by atoms with van der Waals surface area (Å²) in [6.07, 6.45) is 1.42. The number of aliphatic imine (C=N–C) groups is 1. The molecule has 86 valence electrons. The molecule has 1 aromatic rings. The van der Waals surface area contributed by atoms with Gasteiger partial charge in [-0.3, -0.25) is 4.99 Å². The van der Waals surface area contributed by atoms with Crippen molar-refractivity contribution in [3.05, 3.63) is 12.1 Å². The van der Waals surface area contributed by atoms with Crippen molar-refractivity contribution < 1.29 is 9.47 Å². The highest BCUT2D eigenvalue weighted by Gasteiger charge is 2.26. The van der Waals surface area contributed by atoms with Crippen molar-refractivity contribution in [2.45, 2.75) is 4.46 Å². The molecule has 16 heavy (non-hydrogen) atoms. The third-order valence-corrected chi connectivity index (χ3v) is 2.55. The number of alkyl halides is 2. The van der Waals surface area contributed by atoms with Crippen LogP contribution < -0.4 is 14.8 Å². The third-order valence-electron chi connectivity index (χ3n) is 2.17. The molecule has 2 rings (SSSR count). The van der Waals surface area contributed by atoms with Gasteiger partial charge in [0, 0.05) is 12.1 Å². The molecule has 1 aliphatic heterocycles. The predicted octanol–water partition coefficient (Wildman–Crippen LogP) is 2.96. The first-order chi connectivity index (χ1) is 7.55. The number of fused-ring (bicyclic) bond motifs is 1. The van der Waals surface area contributed by atoms with E-state index >= 15 is 0 Å². The van der Waals surface area contributed by atoms with Crippen LogP contribution >= 0.6 is 23.2 Å². The molecule has 0 atom stereocenters. The highest BCUT2D eigenvalue weighted by Crippen LogP contribution is 2.42. The molecule has 0 saturated carbocycles. The molecule has 0 aliphatic carbocycles. The number of ether oxygens (including phenoxy) is 2. The summed E-state index contributed by atoms with van der Waals surface area (Å²) in [5.41, 5.74) is 1.40. The molecule has 1 N–H and O–H groups in total. The molecule has 4 nitrogen and oxygen atoms in total. The first-order valence-corrected chi connectivity index (χ1v) is 5.28. The molecule has 0 amide bonds. The van der Waals surface area contributed by atoms with Gasteiger partial charge in [0.1, 0.15) is 0 Å². The lowest BCUT2D eigenvalue weighted by Gasteiger charge is -2.24. The number of rotatable bonds is 2. The van der Waals surface area contributed by atoms with Gasteiger partial charge in [-0.1, -0.05) is 23.2 Å². The van der Waals surface area contributed by atoms with Crippen molar-refractivity contribution in [2.24, 2.45) is 4.99 Å². The fourth-order valence-electron chi connectivity index (χ4n) is 1.44. The molecule has 0 unspecified atom stereocenters. The summed E-state index contributed by atoms with van der Waals surface area (Å²) in [6.45, 7) is 0. The summed E-state index contributed by atoms with van der Waals surface area (Å²) in [5, 5.41) is 2.91. The van der Waals surface area contributed by atoms with E-state index in [4.69, 9.17) is 32.7 Å². The zero-order valence-electron chi connectivity index (χ0n) is 8.75. The second kappa shape index (κ2) is 4.03. The first-order valence-electron chi connectivity index (χ1n) is 4.53. The van der Waals surface area contributed by atoms with Crippen LogP contribution in [-0.2, 0) is 0 Å². The minimum atomic E-state index is -1.19. The number of anilines is 1. The zero-order valence-corrected chi connectivity index (χ0v) is 10.3. The number of nitrogens with one attached hydrogen (secondary N) is 1. The van der Waals surface area contributed by atoms with Gasteiger partial charge in [0.15, 0.2) is 11.5 Å². The number of hydrogen-bond donors (Lipinski definition) is 1. The summed E-state index contributed by atoms with van der Waals surface area (Å²) in [7, 11) is 3.13. The van der Waals surface area contributed by atoms with Gasteiger partial charge in [0.05, 0.1) is 31.8 Å². The predicted molar refractivity (Wildman–Crippen MR) is 65.8 cm³/mol. The van der Waals surface area contributed by atoms with Crippen LogP contribution in [0.15, 0.2) is 17.1 Å². The zero-order chi connectivity index (χ0) is 11.8. The van der Waals surface area contributed by atoms with Crippen LogP contribution in [0.2, 0.25) is 0 Å². The monoisotopic (exact) mass is 260 g/mol. The number of halogens is 2. The Kier molecular flexibility index (Phi) is 2.86. The maximum Gasteiger partial charge on any atom is 0.224 e. The number of benzene rings is 1. The summed E-state index contributed by atoms with van der Waals surface area (Å²) in [4.78, 5) is 4.14. The molecule has 6 heteroatoms. The van der Waals surface area contributed by atoms with Crippen LogP contribution in [-0.4, -0.2) is 24.9 Å². The van der Waals surface area contributed by atoms with E-state index < -0.39 is 4.46 Å². The second-order valence-corrected chi connectivity index (χ2v) is 4.62. The number of methoxy groups -OCH3 is 2. The third kappa shape index (κ3) is 2.03. The van der Waals surface area contributed by atoms with Crippen LogP contribution in [0.3, 0.4) is 0 Å². The Morgan fingerprint density at radius 3 is 2.44 bits per heavy atom. The van der Waals surface area contributed by atoms with E-state index in [1.807, 2.05) is 0 Å². The van der Waals surface area contributed by atoms with Crippen LogP contribution in [0.25, 0.3) is 0 Å². The van der Waals surface area contributed by atoms with E-state index in [-0.39, 0.29) is 0 Å². The van der Waals surface area contributed by atoms with Gasteiger partial charge in [0.2, 0.25) is 4.46 Å². The second-order valence-electron chi connectivity index (χ2n) is 3.23. The Hall–Kier alpha value is -1.13. The highest BCUT2D eigenvalue weighted by atomic mass is 35.5. The molecule has 0 aromatic heterocycles. The van der Waals surface area contributed by atoms with Gasteiger partial charge in [-0.2, -0.15) is 0 Å².